The lowest BCUT2D eigenvalue weighted by atomic mass is 9.87. The zero-order valence-electron chi connectivity index (χ0n) is 15.4. The summed E-state index contributed by atoms with van der Waals surface area (Å²) < 4.78 is 5.93. The highest BCUT2D eigenvalue weighted by Crippen LogP contribution is 2.25. The van der Waals surface area contributed by atoms with Gasteiger partial charge in [-0.3, -0.25) is 0 Å². The summed E-state index contributed by atoms with van der Waals surface area (Å²) in [6.07, 6.45) is 9.51. The largest absolute Gasteiger partial charge is 0.381 e. The second-order valence-corrected chi connectivity index (χ2v) is 15.8. The molecule has 0 N–H and O–H groups in total. The average Bonchev–Trinajstić information content (AvgIpc) is 2.32. The Hall–Kier alpha value is 0.657. The van der Waals surface area contributed by atoms with Crippen molar-refractivity contribution >= 4 is 24.0 Å². The molecule has 3 heteroatoms. The molecular weight excluding hydrogens is 340 g/mol. The van der Waals surface area contributed by atoms with Gasteiger partial charge in [0.15, 0.2) is 0 Å². The van der Waals surface area contributed by atoms with Gasteiger partial charge in [-0.2, -0.15) is 0 Å². The standard InChI is InChI=1S/C18H39BrOSi/c1-17(19)12-10-8-7-9-11-13-18(2,3)16-20-14-15-21(4,5)6/h17H,7-16H2,1-6H3. The van der Waals surface area contributed by atoms with Crippen LogP contribution in [0.15, 0.2) is 0 Å². The maximum absolute atomic E-state index is 5.93. The number of rotatable bonds is 13. The van der Waals surface area contributed by atoms with Crippen molar-refractivity contribution < 1.29 is 4.74 Å². The van der Waals surface area contributed by atoms with Gasteiger partial charge in [-0.05, 0) is 24.3 Å². The maximum atomic E-state index is 5.93. The van der Waals surface area contributed by atoms with Gasteiger partial charge in [0.25, 0.3) is 0 Å². The fourth-order valence-corrected chi connectivity index (χ4v) is 3.44. The highest BCUT2D eigenvalue weighted by molar-refractivity contribution is 9.09. The van der Waals surface area contributed by atoms with Crippen molar-refractivity contribution in [2.45, 2.75) is 96.2 Å². The number of unbranched alkanes of at least 4 members (excludes halogenated alkanes) is 4. The minimum absolute atomic E-state index is 0.351. The van der Waals surface area contributed by atoms with E-state index >= 15 is 0 Å². The van der Waals surface area contributed by atoms with E-state index in [9.17, 15) is 0 Å². The van der Waals surface area contributed by atoms with Gasteiger partial charge in [-0.15, -0.1) is 0 Å². The van der Waals surface area contributed by atoms with Crippen LogP contribution in [0.5, 0.6) is 0 Å². The van der Waals surface area contributed by atoms with Gasteiger partial charge in [0, 0.05) is 19.5 Å². The minimum Gasteiger partial charge on any atom is -0.381 e. The number of hydrogen-bond donors (Lipinski definition) is 0. The van der Waals surface area contributed by atoms with E-state index in [1.165, 1.54) is 51.0 Å². The van der Waals surface area contributed by atoms with Crippen molar-refractivity contribution in [3.8, 4) is 0 Å². The molecule has 0 spiro atoms. The molecule has 0 aliphatic rings. The molecule has 1 nitrogen and oxygen atoms in total. The van der Waals surface area contributed by atoms with Crippen LogP contribution >= 0.6 is 15.9 Å². The predicted molar refractivity (Wildman–Crippen MR) is 103 cm³/mol. The molecule has 0 rings (SSSR count). The number of alkyl halides is 1. The first-order chi connectivity index (χ1) is 9.62. The smallest absolute Gasteiger partial charge is 0.0516 e. The van der Waals surface area contributed by atoms with Crippen LogP contribution in [0.4, 0.5) is 0 Å². The zero-order chi connectivity index (χ0) is 16.4. The van der Waals surface area contributed by atoms with Gasteiger partial charge in [0.05, 0.1) is 6.61 Å². The van der Waals surface area contributed by atoms with Crippen molar-refractivity contribution in [3.05, 3.63) is 0 Å². The Morgan fingerprint density at radius 1 is 1.00 bits per heavy atom. The van der Waals surface area contributed by atoms with Crippen molar-refractivity contribution in [2.24, 2.45) is 5.41 Å². The molecule has 0 aliphatic carbocycles. The Bertz CT molecular complexity index is 246. The van der Waals surface area contributed by atoms with E-state index < -0.39 is 8.07 Å². The normalized spacial score (nSPS) is 14.4. The monoisotopic (exact) mass is 378 g/mol. The second kappa shape index (κ2) is 11.2. The van der Waals surface area contributed by atoms with E-state index in [1.54, 1.807) is 0 Å². The van der Waals surface area contributed by atoms with Crippen molar-refractivity contribution in [2.75, 3.05) is 13.2 Å². The first kappa shape index (κ1) is 21.7. The summed E-state index contributed by atoms with van der Waals surface area (Å²) in [7, 11) is -0.934. The van der Waals surface area contributed by atoms with Gasteiger partial charge in [0.2, 0.25) is 0 Å². The molecule has 0 aromatic carbocycles. The van der Waals surface area contributed by atoms with Gasteiger partial charge >= 0.3 is 0 Å². The Morgan fingerprint density at radius 3 is 2.14 bits per heavy atom. The predicted octanol–water partition coefficient (Wildman–Crippen LogP) is 6.88. The lowest BCUT2D eigenvalue weighted by Gasteiger charge is -2.25. The zero-order valence-corrected chi connectivity index (χ0v) is 18.0. The Labute approximate surface area is 143 Å². The molecule has 128 valence electrons. The van der Waals surface area contributed by atoms with Crippen LogP contribution in [-0.4, -0.2) is 26.1 Å². The van der Waals surface area contributed by atoms with E-state index in [-0.39, 0.29) is 0 Å². The summed E-state index contributed by atoms with van der Waals surface area (Å²) in [6, 6.07) is 1.29. The van der Waals surface area contributed by atoms with Crippen LogP contribution in [-0.2, 0) is 4.74 Å². The third kappa shape index (κ3) is 16.9. The molecule has 0 fully saturated rings. The van der Waals surface area contributed by atoms with Crippen LogP contribution in [0.1, 0.15) is 65.7 Å². The molecule has 0 heterocycles. The first-order valence-corrected chi connectivity index (χ1v) is 13.5. The molecule has 0 aliphatic heterocycles. The first-order valence-electron chi connectivity index (χ1n) is 8.84. The molecule has 0 saturated carbocycles. The van der Waals surface area contributed by atoms with Crippen LogP contribution < -0.4 is 0 Å². The van der Waals surface area contributed by atoms with Crippen molar-refractivity contribution in [3.63, 3.8) is 0 Å². The highest BCUT2D eigenvalue weighted by Gasteiger charge is 2.18. The number of ether oxygens (including phenoxy) is 1. The topological polar surface area (TPSA) is 9.23 Å². The Morgan fingerprint density at radius 2 is 1.57 bits per heavy atom. The summed E-state index contributed by atoms with van der Waals surface area (Å²) in [5, 5.41) is 0. The third-order valence-electron chi connectivity index (χ3n) is 3.94. The summed E-state index contributed by atoms with van der Waals surface area (Å²) in [4.78, 5) is 0.685. The van der Waals surface area contributed by atoms with Gasteiger partial charge in [-0.25, -0.2) is 0 Å². The van der Waals surface area contributed by atoms with Crippen LogP contribution in [0.2, 0.25) is 25.7 Å². The molecule has 1 unspecified atom stereocenters. The highest BCUT2D eigenvalue weighted by atomic mass is 79.9. The molecule has 0 aromatic rings. The summed E-state index contributed by atoms with van der Waals surface area (Å²) in [5.74, 6) is 0. The average molecular weight is 379 g/mol. The van der Waals surface area contributed by atoms with Crippen LogP contribution in [0.3, 0.4) is 0 Å². The molecule has 0 aromatic heterocycles. The minimum atomic E-state index is -0.934. The molecule has 0 bridgehead atoms. The lowest BCUT2D eigenvalue weighted by molar-refractivity contribution is 0.0641. The van der Waals surface area contributed by atoms with Gasteiger partial charge in [-0.1, -0.05) is 88.4 Å². The fourth-order valence-electron chi connectivity index (χ4n) is 2.36. The van der Waals surface area contributed by atoms with Crippen LogP contribution in [0, 0.1) is 5.41 Å². The Kier molecular flexibility index (Phi) is 11.6. The van der Waals surface area contributed by atoms with E-state index in [4.69, 9.17) is 4.74 Å². The summed E-state index contributed by atoms with van der Waals surface area (Å²) >= 11 is 3.61. The van der Waals surface area contributed by atoms with E-state index in [0.29, 0.717) is 10.2 Å². The molecule has 21 heavy (non-hydrogen) atoms. The fraction of sp³-hybridized carbons (Fsp3) is 1.00. The molecule has 0 radical (unpaired) electrons. The van der Waals surface area contributed by atoms with E-state index in [1.807, 2.05) is 0 Å². The second-order valence-electron chi connectivity index (χ2n) is 8.61. The maximum Gasteiger partial charge on any atom is 0.0516 e. The SMILES string of the molecule is CC(Br)CCCCCCCC(C)(C)COCC[Si](C)(C)C. The third-order valence-corrected chi connectivity index (χ3v) is 6.11. The van der Waals surface area contributed by atoms with Gasteiger partial charge < -0.3 is 4.74 Å². The Balaban J connectivity index is 3.51. The number of halogens is 1. The van der Waals surface area contributed by atoms with Crippen molar-refractivity contribution in [1.29, 1.82) is 0 Å². The van der Waals surface area contributed by atoms with Crippen molar-refractivity contribution in [1.82, 2.24) is 0 Å². The molecule has 1 atom stereocenters. The molecular formula is C18H39BrOSi. The summed E-state index contributed by atoms with van der Waals surface area (Å²) in [5.41, 5.74) is 0.351. The quantitative estimate of drug-likeness (QED) is 0.192. The van der Waals surface area contributed by atoms with E-state index in [2.05, 4.69) is 56.3 Å². The lowest BCUT2D eigenvalue weighted by Crippen LogP contribution is -2.24. The van der Waals surface area contributed by atoms with Crippen LogP contribution in [0.25, 0.3) is 0 Å². The van der Waals surface area contributed by atoms with E-state index in [0.717, 1.165) is 13.2 Å². The molecule has 0 saturated heterocycles. The van der Waals surface area contributed by atoms with Gasteiger partial charge in [0.1, 0.15) is 0 Å². The number of hydrogen-bond acceptors (Lipinski definition) is 1. The summed E-state index contributed by atoms with van der Waals surface area (Å²) in [6.45, 7) is 16.1. The molecule has 0 amide bonds.